The van der Waals surface area contributed by atoms with Gasteiger partial charge in [0.2, 0.25) is 5.92 Å². The lowest BCUT2D eigenvalue weighted by Crippen LogP contribution is -2.40. The zero-order chi connectivity index (χ0) is 14.9. The minimum atomic E-state index is -2.46. The Morgan fingerprint density at radius 3 is 2.50 bits per heavy atom. The van der Waals surface area contributed by atoms with Crippen molar-refractivity contribution in [3.8, 4) is 0 Å². The third kappa shape index (κ3) is 3.39. The molecule has 1 aromatic heterocycles. The molecule has 0 radical (unpaired) electrons. The number of nitrogens with one attached hydrogen (secondary N) is 1. The molecule has 0 aliphatic heterocycles. The van der Waals surface area contributed by atoms with E-state index in [9.17, 15) is 8.78 Å². The third-order valence-electron chi connectivity index (χ3n) is 4.38. The monoisotopic (exact) mass is 349 g/mol. The number of likely N-dealkylation sites (N-methyl/N-ethyl adjacent to an activating group) is 1. The molecule has 0 aromatic carbocycles. The molecule has 0 spiro atoms. The van der Waals surface area contributed by atoms with Crippen LogP contribution in [0.15, 0.2) is 4.47 Å². The number of halogens is 3. The molecule has 1 atom stereocenters. The minimum absolute atomic E-state index is 0.0153. The zero-order valence-corrected chi connectivity index (χ0v) is 13.8. The van der Waals surface area contributed by atoms with Crippen LogP contribution in [0, 0.1) is 12.8 Å². The maximum atomic E-state index is 13.3. The summed E-state index contributed by atoms with van der Waals surface area (Å²) in [4.78, 5) is 0. The van der Waals surface area contributed by atoms with E-state index in [1.807, 2.05) is 25.7 Å². The lowest BCUT2D eigenvalue weighted by molar-refractivity contribution is -0.0493. The average Bonchev–Trinajstić information content (AvgIpc) is 2.62. The molecule has 20 heavy (non-hydrogen) atoms. The number of alkyl halides is 2. The molecular formula is C14H22BrF2N3. The maximum Gasteiger partial charge on any atom is 0.248 e. The average molecular weight is 350 g/mol. The van der Waals surface area contributed by atoms with Gasteiger partial charge in [-0.25, -0.2) is 8.78 Å². The lowest BCUT2D eigenvalue weighted by atomic mass is 9.80. The van der Waals surface area contributed by atoms with Crippen molar-refractivity contribution in [2.24, 2.45) is 13.0 Å². The van der Waals surface area contributed by atoms with E-state index in [0.717, 1.165) is 22.3 Å². The van der Waals surface area contributed by atoms with Crippen molar-refractivity contribution >= 4 is 15.9 Å². The van der Waals surface area contributed by atoms with Crippen molar-refractivity contribution in [3.63, 3.8) is 0 Å². The summed E-state index contributed by atoms with van der Waals surface area (Å²) in [6.07, 6.45) is 2.02. The predicted octanol–water partition coefficient (Wildman–Crippen LogP) is 3.45. The molecule has 1 aromatic rings. The molecule has 0 amide bonds. The Bertz CT molecular complexity index is 463. The van der Waals surface area contributed by atoms with E-state index in [-0.39, 0.29) is 18.9 Å². The molecule has 1 fully saturated rings. The largest absolute Gasteiger partial charge is 0.316 e. The summed E-state index contributed by atoms with van der Waals surface area (Å²) in [5.41, 5.74) is 2.09. The normalized spacial score (nSPS) is 21.1. The summed E-state index contributed by atoms with van der Waals surface area (Å²) in [7, 11) is 3.84. The van der Waals surface area contributed by atoms with Gasteiger partial charge in [-0.1, -0.05) is 0 Å². The van der Waals surface area contributed by atoms with Crippen LogP contribution in [0.2, 0.25) is 0 Å². The van der Waals surface area contributed by atoms with Gasteiger partial charge in [-0.3, -0.25) is 4.68 Å². The molecule has 3 nitrogen and oxygen atoms in total. The molecule has 2 rings (SSSR count). The van der Waals surface area contributed by atoms with E-state index in [1.54, 1.807) is 0 Å². The number of aromatic nitrogens is 2. The van der Waals surface area contributed by atoms with Gasteiger partial charge in [-0.05, 0) is 48.7 Å². The van der Waals surface area contributed by atoms with Crippen molar-refractivity contribution < 1.29 is 8.78 Å². The SMILES string of the molecule is CNC(Cc1c(Br)c(C)nn1C)C1CCC(F)(F)CC1. The molecule has 1 aliphatic rings. The highest BCUT2D eigenvalue weighted by Crippen LogP contribution is 2.38. The number of hydrogen-bond acceptors (Lipinski definition) is 2. The van der Waals surface area contributed by atoms with E-state index >= 15 is 0 Å². The fourth-order valence-corrected chi connectivity index (χ4v) is 3.58. The van der Waals surface area contributed by atoms with Crippen LogP contribution in [0.5, 0.6) is 0 Å². The summed E-state index contributed by atoms with van der Waals surface area (Å²) in [5.74, 6) is -2.15. The summed E-state index contributed by atoms with van der Waals surface area (Å²) in [5, 5.41) is 7.69. The highest BCUT2D eigenvalue weighted by atomic mass is 79.9. The topological polar surface area (TPSA) is 29.9 Å². The van der Waals surface area contributed by atoms with Crippen molar-refractivity contribution in [2.45, 2.75) is 51.0 Å². The van der Waals surface area contributed by atoms with Crippen LogP contribution in [-0.2, 0) is 13.5 Å². The Balaban J connectivity index is 2.06. The Morgan fingerprint density at radius 2 is 2.05 bits per heavy atom. The van der Waals surface area contributed by atoms with Gasteiger partial charge in [-0.15, -0.1) is 0 Å². The van der Waals surface area contributed by atoms with Gasteiger partial charge in [0.25, 0.3) is 0 Å². The highest BCUT2D eigenvalue weighted by Gasteiger charge is 2.37. The standard InChI is InChI=1S/C14H22BrF2N3/c1-9-13(15)12(20(3)19-9)8-11(18-2)10-4-6-14(16,17)7-5-10/h10-11,18H,4-8H2,1-3H3. The van der Waals surface area contributed by atoms with Crippen LogP contribution in [0.25, 0.3) is 0 Å². The molecule has 1 unspecified atom stereocenters. The quantitative estimate of drug-likeness (QED) is 0.902. The molecule has 6 heteroatoms. The Hall–Kier alpha value is -0.490. The Kier molecular flexibility index (Phi) is 4.84. The molecule has 1 aliphatic carbocycles. The minimum Gasteiger partial charge on any atom is -0.316 e. The molecule has 114 valence electrons. The third-order valence-corrected chi connectivity index (χ3v) is 5.41. The maximum absolute atomic E-state index is 13.3. The summed E-state index contributed by atoms with van der Waals surface area (Å²) < 4.78 is 29.4. The Labute approximate surface area is 127 Å². The van der Waals surface area contributed by atoms with Crippen LogP contribution in [-0.4, -0.2) is 28.8 Å². The second-order valence-corrected chi connectivity index (χ2v) is 6.56. The molecule has 1 heterocycles. The van der Waals surface area contributed by atoms with Crippen LogP contribution in [0.1, 0.15) is 37.1 Å². The molecule has 0 bridgehead atoms. The first-order valence-corrected chi connectivity index (χ1v) is 7.86. The van der Waals surface area contributed by atoms with Crippen molar-refractivity contribution in [1.82, 2.24) is 15.1 Å². The van der Waals surface area contributed by atoms with Crippen LogP contribution >= 0.6 is 15.9 Å². The Morgan fingerprint density at radius 1 is 1.45 bits per heavy atom. The smallest absolute Gasteiger partial charge is 0.248 e. The molecule has 1 N–H and O–H groups in total. The van der Waals surface area contributed by atoms with E-state index < -0.39 is 5.92 Å². The first-order chi connectivity index (χ1) is 9.34. The number of rotatable bonds is 4. The van der Waals surface area contributed by atoms with Crippen molar-refractivity contribution in [1.29, 1.82) is 0 Å². The van der Waals surface area contributed by atoms with Gasteiger partial charge in [0.1, 0.15) is 0 Å². The van der Waals surface area contributed by atoms with Gasteiger partial charge in [0, 0.05) is 32.4 Å². The second-order valence-electron chi connectivity index (χ2n) is 5.76. The highest BCUT2D eigenvalue weighted by molar-refractivity contribution is 9.10. The first-order valence-electron chi connectivity index (χ1n) is 7.07. The van der Waals surface area contributed by atoms with Crippen LogP contribution < -0.4 is 5.32 Å². The van der Waals surface area contributed by atoms with E-state index in [4.69, 9.17) is 0 Å². The number of aryl methyl sites for hydroxylation is 2. The van der Waals surface area contributed by atoms with Crippen molar-refractivity contribution in [2.75, 3.05) is 7.05 Å². The lowest BCUT2D eigenvalue weighted by Gasteiger charge is -2.33. The molecular weight excluding hydrogens is 328 g/mol. The summed E-state index contributed by atoms with van der Waals surface area (Å²) >= 11 is 3.57. The summed E-state index contributed by atoms with van der Waals surface area (Å²) in [6, 6.07) is 0.220. The van der Waals surface area contributed by atoms with Gasteiger partial charge < -0.3 is 5.32 Å². The van der Waals surface area contributed by atoms with Crippen molar-refractivity contribution in [3.05, 3.63) is 15.9 Å². The van der Waals surface area contributed by atoms with E-state index in [0.29, 0.717) is 18.8 Å². The molecule has 0 saturated heterocycles. The van der Waals surface area contributed by atoms with Gasteiger partial charge in [0.05, 0.1) is 15.9 Å². The van der Waals surface area contributed by atoms with E-state index in [1.165, 1.54) is 0 Å². The van der Waals surface area contributed by atoms with Gasteiger partial charge >= 0.3 is 0 Å². The first kappa shape index (κ1) is 15.9. The number of hydrogen-bond donors (Lipinski definition) is 1. The molecule has 1 saturated carbocycles. The zero-order valence-electron chi connectivity index (χ0n) is 12.2. The summed E-state index contributed by atoms with van der Waals surface area (Å²) in [6.45, 7) is 1.96. The fourth-order valence-electron chi connectivity index (χ4n) is 3.08. The predicted molar refractivity (Wildman–Crippen MR) is 79.1 cm³/mol. The van der Waals surface area contributed by atoms with E-state index in [2.05, 4.69) is 26.3 Å². The van der Waals surface area contributed by atoms with Crippen LogP contribution in [0.3, 0.4) is 0 Å². The van der Waals surface area contributed by atoms with Gasteiger partial charge in [-0.2, -0.15) is 5.10 Å². The second kappa shape index (κ2) is 6.10. The van der Waals surface area contributed by atoms with Gasteiger partial charge in [0.15, 0.2) is 0 Å². The van der Waals surface area contributed by atoms with Crippen LogP contribution in [0.4, 0.5) is 8.78 Å². The number of nitrogens with zero attached hydrogens (tertiary/aromatic N) is 2. The fraction of sp³-hybridized carbons (Fsp3) is 0.786.